The summed E-state index contributed by atoms with van der Waals surface area (Å²) in [5.74, 6) is -0.351. The predicted molar refractivity (Wildman–Crippen MR) is 108 cm³/mol. The van der Waals surface area contributed by atoms with Gasteiger partial charge in [-0.25, -0.2) is 0 Å². The maximum Gasteiger partial charge on any atom is 0.255 e. The average molecular weight is 378 g/mol. The summed E-state index contributed by atoms with van der Waals surface area (Å²) in [7, 11) is 0. The second-order valence-electron chi connectivity index (χ2n) is 5.70. The molecule has 3 rings (SSSR count). The Kier molecular flexibility index (Phi) is 6.12. The molecule has 0 saturated heterocycles. The first-order valence-corrected chi connectivity index (χ1v) is 9.27. The topological polar surface area (TPSA) is 78.4 Å². The van der Waals surface area contributed by atoms with E-state index in [4.69, 9.17) is 0 Å². The van der Waals surface area contributed by atoms with Crippen LogP contribution >= 0.6 is 11.8 Å². The molecule has 0 atom stereocenters. The number of hydrogen-bond donors (Lipinski definition) is 3. The summed E-state index contributed by atoms with van der Waals surface area (Å²) in [6.07, 6.45) is 0. The molecule has 0 unspecified atom stereocenters. The van der Waals surface area contributed by atoms with Crippen molar-refractivity contribution in [2.75, 3.05) is 16.4 Å². The van der Waals surface area contributed by atoms with E-state index in [-0.39, 0.29) is 29.0 Å². The van der Waals surface area contributed by atoms with Crippen molar-refractivity contribution in [1.29, 1.82) is 0 Å². The van der Waals surface area contributed by atoms with Gasteiger partial charge in [0, 0.05) is 22.2 Å². The fourth-order valence-corrected chi connectivity index (χ4v) is 3.08. The van der Waals surface area contributed by atoms with Gasteiger partial charge in [-0.3, -0.25) is 9.59 Å². The van der Waals surface area contributed by atoms with Crippen LogP contribution in [0.1, 0.15) is 10.4 Å². The molecule has 3 aromatic carbocycles. The molecule has 3 N–H and O–H groups in total. The number of benzene rings is 3. The number of carbonyl (C=O) groups is 2. The van der Waals surface area contributed by atoms with E-state index in [0.29, 0.717) is 11.3 Å². The van der Waals surface area contributed by atoms with Crippen molar-refractivity contribution >= 4 is 35.0 Å². The molecule has 0 heterocycles. The first-order chi connectivity index (χ1) is 13.1. The number of carbonyl (C=O) groups excluding carboxylic acids is 2. The van der Waals surface area contributed by atoms with Gasteiger partial charge in [-0.05, 0) is 36.4 Å². The van der Waals surface area contributed by atoms with Crippen molar-refractivity contribution in [3.63, 3.8) is 0 Å². The van der Waals surface area contributed by atoms with E-state index in [1.165, 1.54) is 17.8 Å². The number of rotatable bonds is 6. The molecule has 0 bridgehead atoms. The van der Waals surface area contributed by atoms with Crippen molar-refractivity contribution in [3.8, 4) is 5.75 Å². The van der Waals surface area contributed by atoms with Crippen LogP contribution in [0.25, 0.3) is 0 Å². The second kappa shape index (κ2) is 8.91. The Bertz CT molecular complexity index is 931. The number of phenolic OH excluding ortho intramolecular Hbond substituents is 1. The van der Waals surface area contributed by atoms with E-state index in [0.717, 1.165) is 4.90 Å². The van der Waals surface area contributed by atoms with Crippen LogP contribution in [0.3, 0.4) is 0 Å². The number of aromatic hydroxyl groups is 1. The van der Waals surface area contributed by atoms with Crippen LogP contribution in [0.5, 0.6) is 5.75 Å². The lowest BCUT2D eigenvalue weighted by Crippen LogP contribution is -2.14. The van der Waals surface area contributed by atoms with Crippen LogP contribution in [-0.2, 0) is 4.79 Å². The molecule has 3 aromatic rings. The zero-order valence-corrected chi connectivity index (χ0v) is 15.2. The lowest BCUT2D eigenvalue weighted by Gasteiger charge is -2.10. The highest BCUT2D eigenvalue weighted by atomic mass is 32.2. The number of anilines is 2. The third-order valence-electron chi connectivity index (χ3n) is 3.68. The third-order valence-corrected chi connectivity index (χ3v) is 4.69. The molecule has 0 aromatic heterocycles. The quantitative estimate of drug-likeness (QED) is 0.439. The zero-order chi connectivity index (χ0) is 19.1. The summed E-state index contributed by atoms with van der Waals surface area (Å²) in [5, 5.41) is 15.5. The number of phenols is 1. The first kappa shape index (κ1) is 18.5. The van der Waals surface area contributed by atoms with E-state index in [1.54, 1.807) is 36.4 Å². The van der Waals surface area contributed by atoms with E-state index < -0.39 is 0 Å². The predicted octanol–water partition coefficient (Wildman–Crippen LogP) is 4.38. The summed E-state index contributed by atoms with van der Waals surface area (Å²) >= 11 is 1.43. The van der Waals surface area contributed by atoms with Gasteiger partial charge in [-0.15, -0.1) is 11.8 Å². The molecule has 6 heteroatoms. The molecule has 0 aliphatic carbocycles. The molecule has 27 heavy (non-hydrogen) atoms. The van der Waals surface area contributed by atoms with Crippen LogP contribution in [0.4, 0.5) is 11.4 Å². The fraction of sp³-hybridized carbons (Fsp3) is 0.0476. The van der Waals surface area contributed by atoms with E-state index >= 15 is 0 Å². The largest absolute Gasteiger partial charge is 0.506 e. The van der Waals surface area contributed by atoms with E-state index in [1.807, 2.05) is 36.4 Å². The van der Waals surface area contributed by atoms with Gasteiger partial charge in [0.15, 0.2) is 0 Å². The zero-order valence-electron chi connectivity index (χ0n) is 14.4. The number of hydrogen-bond acceptors (Lipinski definition) is 4. The highest BCUT2D eigenvalue weighted by Gasteiger charge is 2.10. The van der Waals surface area contributed by atoms with Gasteiger partial charge in [0.1, 0.15) is 5.75 Å². The lowest BCUT2D eigenvalue weighted by atomic mass is 10.2. The minimum absolute atomic E-state index is 0.118. The maximum atomic E-state index is 12.2. The average Bonchev–Trinajstić information content (AvgIpc) is 2.70. The van der Waals surface area contributed by atoms with Gasteiger partial charge in [0.05, 0.1) is 11.4 Å². The molecule has 0 radical (unpaired) electrons. The second-order valence-corrected chi connectivity index (χ2v) is 6.75. The van der Waals surface area contributed by atoms with Crippen LogP contribution in [0.15, 0.2) is 83.8 Å². The Morgan fingerprint density at radius 3 is 2.19 bits per heavy atom. The van der Waals surface area contributed by atoms with Gasteiger partial charge < -0.3 is 15.7 Å². The van der Waals surface area contributed by atoms with Crippen LogP contribution in [-0.4, -0.2) is 22.7 Å². The molecule has 2 amide bonds. The molecule has 0 aliphatic rings. The Morgan fingerprint density at radius 2 is 1.52 bits per heavy atom. The fourth-order valence-electron chi connectivity index (χ4n) is 2.36. The number of amides is 2. The van der Waals surface area contributed by atoms with E-state index in [2.05, 4.69) is 10.6 Å². The van der Waals surface area contributed by atoms with Gasteiger partial charge in [0.2, 0.25) is 5.91 Å². The van der Waals surface area contributed by atoms with Gasteiger partial charge in [-0.2, -0.15) is 0 Å². The summed E-state index contributed by atoms with van der Waals surface area (Å²) in [6, 6.07) is 22.9. The van der Waals surface area contributed by atoms with Crippen molar-refractivity contribution in [3.05, 3.63) is 84.4 Å². The normalized spacial score (nSPS) is 10.2. The van der Waals surface area contributed by atoms with Gasteiger partial charge in [-0.1, -0.05) is 36.4 Å². The van der Waals surface area contributed by atoms with Crippen molar-refractivity contribution in [1.82, 2.24) is 0 Å². The van der Waals surface area contributed by atoms with Crippen molar-refractivity contribution in [2.45, 2.75) is 4.90 Å². The van der Waals surface area contributed by atoms with Crippen LogP contribution in [0.2, 0.25) is 0 Å². The SMILES string of the molecule is O=C(CSc1ccccc1)Nc1ccc(NC(=O)c2ccccc2)c(O)c1. The standard InChI is InChI=1S/C21H18N2O3S/c24-19-13-16(22-20(25)14-27-17-9-5-2-6-10-17)11-12-18(19)23-21(26)15-7-3-1-4-8-15/h1-13,24H,14H2,(H,22,25)(H,23,26). The minimum Gasteiger partial charge on any atom is -0.506 e. The Hall–Kier alpha value is -3.25. The summed E-state index contributed by atoms with van der Waals surface area (Å²) in [6.45, 7) is 0. The number of thioether (sulfide) groups is 1. The Labute approximate surface area is 161 Å². The molecule has 5 nitrogen and oxygen atoms in total. The molecular formula is C21H18N2O3S. The third kappa shape index (κ3) is 5.36. The molecular weight excluding hydrogens is 360 g/mol. The summed E-state index contributed by atoms with van der Waals surface area (Å²) < 4.78 is 0. The monoisotopic (exact) mass is 378 g/mol. The molecule has 0 saturated carbocycles. The molecule has 0 aliphatic heterocycles. The van der Waals surface area contributed by atoms with Crippen LogP contribution in [0, 0.1) is 0 Å². The minimum atomic E-state index is -0.318. The van der Waals surface area contributed by atoms with Gasteiger partial charge >= 0.3 is 0 Å². The maximum absolute atomic E-state index is 12.2. The summed E-state index contributed by atoms with van der Waals surface area (Å²) in [4.78, 5) is 25.2. The number of nitrogens with one attached hydrogen (secondary N) is 2. The first-order valence-electron chi connectivity index (χ1n) is 8.29. The molecule has 0 fully saturated rings. The van der Waals surface area contributed by atoms with Crippen molar-refractivity contribution < 1.29 is 14.7 Å². The summed E-state index contributed by atoms with van der Waals surface area (Å²) in [5.41, 5.74) is 1.23. The van der Waals surface area contributed by atoms with Crippen molar-refractivity contribution in [2.24, 2.45) is 0 Å². The lowest BCUT2D eigenvalue weighted by molar-refractivity contribution is -0.113. The Balaban J connectivity index is 1.57. The smallest absolute Gasteiger partial charge is 0.255 e. The Morgan fingerprint density at radius 1 is 0.852 bits per heavy atom. The van der Waals surface area contributed by atoms with Gasteiger partial charge in [0.25, 0.3) is 5.91 Å². The molecule has 136 valence electrons. The van der Waals surface area contributed by atoms with E-state index in [9.17, 15) is 14.7 Å². The molecule has 0 spiro atoms. The van der Waals surface area contributed by atoms with Crippen LogP contribution < -0.4 is 10.6 Å². The highest BCUT2D eigenvalue weighted by Crippen LogP contribution is 2.27. The highest BCUT2D eigenvalue weighted by molar-refractivity contribution is 8.00.